The average Bonchev–Trinajstić information content (AvgIpc) is 2.70. The van der Waals surface area contributed by atoms with Crippen LogP contribution in [0.1, 0.15) is 36.8 Å². The Hall–Kier alpha value is -1.97. The van der Waals surface area contributed by atoms with Gasteiger partial charge in [0, 0.05) is 29.8 Å². The second kappa shape index (κ2) is 4.61. The third kappa shape index (κ3) is 2.57. The SMILES string of the molecule is Cn1cc(-c2ccc(F)cc2C=O)c(C(C)(C)C)n1. The number of hydrogen-bond acceptors (Lipinski definition) is 2. The quantitative estimate of drug-likeness (QED) is 0.776. The molecule has 0 saturated heterocycles. The fourth-order valence-electron chi connectivity index (χ4n) is 2.12. The summed E-state index contributed by atoms with van der Waals surface area (Å²) >= 11 is 0. The van der Waals surface area contributed by atoms with Gasteiger partial charge in [-0.15, -0.1) is 0 Å². The van der Waals surface area contributed by atoms with E-state index in [2.05, 4.69) is 25.9 Å². The van der Waals surface area contributed by atoms with Gasteiger partial charge in [0.25, 0.3) is 0 Å². The van der Waals surface area contributed by atoms with Gasteiger partial charge >= 0.3 is 0 Å². The maximum absolute atomic E-state index is 13.2. The monoisotopic (exact) mass is 260 g/mol. The lowest BCUT2D eigenvalue weighted by molar-refractivity contribution is 0.112. The Bertz CT molecular complexity index is 624. The molecule has 0 N–H and O–H groups in total. The maximum atomic E-state index is 13.2. The van der Waals surface area contributed by atoms with Gasteiger partial charge < -0.3 is 0 Å². The van der Waals surface area contributed by atoms with E-state index in [0.717, 1.165) is 16.8 Å². The summed E-state index contributed by atoms with van der Waals surface area (Å²) < 4.78 is 14.9. The molecule has 4 heteroatoms. The van der Waals surface area contributed by atoms with E-state index in [0.29, 0.717) is 11.8 Å². The van der Waals surface area contributed by atoms with Crippen molar-refractivity contribution in [2.45, 2.75) is 26.2 Å². The third-order valence-electron chi connectivity index (χ3n) is 2.97. The van der Waals surface area contributed by atoms with Crippen LogP contribution in [0.4, 0.5) is 4.39 Å². The highest BCUT2D eigenvalue weighted by molar-refractivity contribution is 5.88. The van der Waals surface area contributed by atoms with E-state index in [1.807, 2.05) is 13.2 Å². The summed E-state index contributed by atoms with van der Waals surface area (Å²) in [5.74, 6) is -0.410. The minimum absolute atomic E-state index is 0.148. The molecule has 0 atom stereocenters. The standard InChI is InChI=1S/C15H17FN2O/c1-15(2,3)14-13(8-18(4)17-14)12-6-5-11(16)7-10(12)9-19/h5-9H,1-4H3. The highest BCUT2D eigenvalue weighted by atomic mass is 19.1. The first-order chi connectivity index (χ1) is 8.82. The lowest BCUT2D eigenvalue weighted by atomic mass is 9.86. The summed E-state index contributed by atoms with van der Waals surface area (Å²) in [6.07, 6.45) is 2.54. The average molecular weight is 260 g/mol. The Balaban J connectivity index is 2.69. The highest BCUT2D eigenvalue weighted by Crippen LogP contribution is 2.33. The van der Waals surface area contributed by atoms with Gasteiger partial charge in [0.1, 0.15) is 5.82 Å². The topological polar surface area (TPSA) is 34.9 Å². The van der Waals surface area contributed by atoms with Crippen molar-refractivity contribution in [3.8, 4) is 11.1 Å². The molecule has 0 amide bonds. The molecule has 0 aliphatic carbocycles. The number of aromatic nitrogens is 2. The molecule has 0 radical (unpaired) electrons. The van der Waals surface area contributed by atoms with E-state index in [1.165, 1.54) is 12.1 Å². The van der Waals surface area contributed by atoms with Gasteiger partial charge in [-0.2, -0.15) is 5.10 Å². The van der Waals surface area contributed by atoms with Crippen molar-refractivity contribution in [3.05, 3.63) is 41.5 Å². The van der Waals surface area contributed by atoms with Gasteiger partial charge in [-0.1, -0.05) is 26.8 Å². The van der Waals surface area contributed by atoms with Crippen LogP contribution in [0.25, 0.3) is 11.1 Å². The predicted molar refractivity (Wildman–Crippen MR) is 72.7 cm³/mol. The van der Waals surface area contributed by atoms with Crippen LogP contribution < -0.4 is 0 Å². The summed E-state index contributed by atoms with van der Waals surface area (Å²) in [4.78, 5) is 11.1. The number of benzene rings is 1. The van der Waals surface area contributed by atoms with Crippen molar-refractivity contribution in [2.24, 2.45) is 7.05 Å². The van der Waals surface area contributed by atoms with Crippen LogP contribution in [0.5, 0.6) is 0 Å². The van der Waals surface area contributed by atoms with Crippen molar-refractivity contribution >= 4 is 6.29 Å². The van der Waals surface area contributed by atoms with E-state index in [4.69, 9.17) is 0 Å². The summed E-state index contributed by atoms with van der Waals surface area (Å²) in [5.41, 5.74) is 2.68. The molecule has 3 nitrogen and oxygen atoms in total. The van der Waals surface area contributed by atoms with Crippen LogP contribution in [-0.2, 0) is 12.5 Å². The fourth-order valence-corrected chi connectivity index (χ4v) is 2.12. The molecule has 0 aliphatic rings. The first kappa shape index (κ1) is 13.5. The second-order valence-electron chi connectivity index (χ2n) is 5.66. The second-order valence-corrected chi connectivity index (χ2v) is 5.66. The van der Waals surface area contributed by atoms with Crippen LogP contribution in [0, 0.1) is 5.82 Å². The number of halogens is 1. The summed E-state index contributed by atoms with van der Waals surface area (Å²) in [6.45, 7) is 6.18. The Morgan fingerprint density at radius 3 is 2.53 bits per heavy atom. The normalized spacial score (nSPS) is 11.6. The Morgan fingerprint density at radius 2 is 1.95 bits per heavy atom. The Morgan fingerprint density at radius 1 is 1.26 bits per heavy atom. The summed E-state index contributed by atoms with van der Waals surface area (Å²) in [5, 5.41) is 4.46. The minimum atomic E-state index is -0.410. The number of hydrogen-bond donors (Lipinski definition) is 0. The van der Waals surface area contributed by atoms with Crippen LogP contribution in [0.3, 0.4) is 0 Å². The molecule has 2 aromatic rings. The van der Waals surface area contributed by atoms with E-state index < -0.39 is 5.82 Å². The van der Waals surface area contributed by atoms with Gasteiger partial charge in [0.2, 0.25) is 0 Å². The molecular weight excluding hydrogens is 243 g/mol. The first-order valence-corrected chi connectivity index (χ1v) is 6.12. The van der Waals surface area contributed by atoms with Crippen molar-refractivity contribution in [2.75, 3.05) is 0 Å². The molecular formula is C15H17FN2O. The molecule has 0 saturated carbocycles. The lowest BCUT2D eigenvalue weighted by Crippen LogP contribution is -2.14. The maximum Gasteiger partial charge on any atom is 0.150 e. The van der Waals surface area contributed by atoms with Gasteiger partial charge in [-0.25, -0.2) is 4.39 Å². The smallest absolute Gasteiger partial charge is 0.150 e. The zero-order valence-electron chi connectivity index (χ0n) is 11.6. The molecule has 0 fully saturated rings. The van der Waals surface area contributed by atoms with Crippen molar-refractivity contribution < 1.29 is 9.18 Å². The molecule has 0 bridgehead atoms. The fraction of sp³-hybridized carbons (Fsp3) is 0.333. The van der Waals surface area contributed by atoms with Crippen molar-refractivity contribution in [3.63, 3.8) is 0 Å². The van der Waals surface area contributed by atoms with E-state index >= 15 is 0 Å². The summed E-state index contributed by atoms with van der Waals surface area (Å²) in [6, 6.07) is 4.24. The van der Waals surface area contributed by atoms with Gasteiger partial charge in [-0.05, 0) is 17.7 Å². The molecule has 1 aromatic heterocycles. The number of aldehydes is 1. The molecule has 2 rings (SSSR count). The minimum Gasteiger partial charge on any atom is -0.298 e. The highest BCUT2D eigenvalue weighted by Gasteiger charge is 2.24. The van der Waals surface area contributed by atoms with Crippen LogP contribution in [0.2, 0.25) is 0 Å². The zero-order valence-corrected chi connectivity index (χ0v) is 11.6. The summed E-state index contributed by atoms with van der Waals surface area (Å²) in [7, 11) is 1.84. The third-order valence-corrected chi connectivity index (χ3v) is 2.97. The molecule has 0 aliphatic heterocycles. The largest absolute Gasteiger partial charge is 0.298 e. The Kier molecular flexibility index (Phi) is 3.27. The number of nitrogens with zero attached hydrogens (tertiary/aromatic N) is 2. The number of aryl methyl sites for hydroxylation is 1. The number of carbonyl (C=O) groups is 1. The first-order valence-electron chi connectivity index (χ1n) is 6.12. The van der Waals surface area contributed by atoms with Crippen molar-refractivity contribution in [1.82, 2.24) is 9.78 Å². The van der Waals surface area contributed by atoms with E-state index in [9.17, 15) is 9.18 Å². The molecule has 0 unspecified atom stereocenters. The van der Waals surface area contributed by atoms with Crippen LogP contribution in [-0.4, -0.2) is 16.1 Å². The molecule has 1 heterocycles. The zero-order chi connectivity index (χ0) is 14.2. The predicted octanol–water partition coefficient (Wildman–Crippen LogP) is 3.34. The molecule has 0 spiro atoms. The van der Waals surface area contributed by atoms with Gasteiger partial charge in [-0.3, -0.25) is 9.48 Å². The van der Waals surface area contributed by atoms with E-state index in [1.54, 1.807) is 10.7 Å². The van der Waals surface area contributed by atoms with Gasteiger partial charge in [0.05, 0.1) is 5.69 Å². The molecule has 100 valence electrons. The molecule has 19 heavy (non-hydrogen) atoms. The Labute approximate surface area is 112 Å². The molecule has 1 aromatic carbocycles. The van der Waals surface area contributed by atoms with Gasteiger partial charge in [0.15, 0.2) is 6.29 Å². The lowest BCUT2D eigenvalue weighted by Gasteiger charge is -2.18. The van der Waals surface area contributed by atoms with Crippen LogP contribution >= 0.6 is 0 Å². The van der Waals surface area contributed by atoms with E-state index in [-0.39, 0.29) is 5.41 Å². The van der Waals surface area contributed by atoms with Crippen LogP contribution in [0.15, 0.2) is 24.4 Å². The van der Waals surface area contributed by atoms with Crippen molar-refractivity contribution in [1.29, 1.82) is 0 Å². The number of carbonyl (C=O) groups excluding carboxylic acids is 1. The number of rotatable bonds is 2.